The lowest BCUT2D eigenvalue weighted by Gasteiger charge is -2.30. The number of rotatable bonds is 5. The molecule has 0 aliphatic carbocycles. The molecular weight excluding hydrogens is 444 g/mol. The predicted molar refractivity (Wildman–Crippen MR) is 112 cm³/mol. The van der Waals surface area contributed by atoms with Gasteiger partial charge in [0, 0.05) is 18.7 Å². The van der Waals surface area contributed by atoms with E-state index in [0.29, 0.717) is 40.5 Å². The van der Waals surface area contributed by atoms with Gasteiger partial charge in [-0.05, 0) is 71.1 Å². The molecule has 0 saturated carbocycles. The number of nitrogens with zero attached hydrogens (tertiary/aromatic N) is 1. The third kappa shape index (κ3) is 4.67. The lowest BCUT2D eigenvalue weighted by atomic mass is 9.98. The van der Waals surface area contributed by atoms with Gasteiger partial charge in [-0.2, -0.15) is 0 Å². The Kier molecular flexibility index (Phi) is 6.30. The smallest absolute Gasteiger partial charge is 0.261 e. The molecule has 0 unspecified atom stereocenters. The number of ether oxygens (including phenoxy) is 1. The fourth-order valence-electron chi connectivity index (χ4n) is 3.13. The summed E-state index contributed by atoms with van der Waals surface area (Å²) in [5.41, 5.74) is 0.780. The van der Waals surface area contributed by atoms with Crippen LogP contribution >= 0.6 is 15.9 Å². The number of anilines is 1. The SMILES string of the molecule is COc1ccc(NS(=O)(=O)c2cccc(C(=O)N3CCC(C)CC3)c2)cc1Br. The van der Waals surface area contributed by atoms with E-state index in [4.69, 9.17) is 4.74 Å². The Labute approximate surface area is 174 Å². The first-order valence-electron chi connectivity index (χ1n) is 9.06. The maximum atomic E-state index is 12.8. The first-order valence-corrected chi connectivity index (χ1v) is 11.3. The molecule has 3 rings (SSSR count). The Morgan fingerprint density at radius 2 is 1.89 bits per heavy atom. The van der Waals surface area contributed by atoms with E-state index in [2.05, 4.69) is 27.6 Å². The lowest BCUT2D eigenvalue weighted by Crippen LogP contribution is -2.37. The van der Waals surface area contributed by atoms with Gasteiger partial charge in [0.1, 0.15) is 5.75 Å². The van der Waals surface area contributed by atoms with Gasteiger partial charge in [0.15, 0.2) is 0 Å². The van der Waals surface area contributed by atoms with Crippen LogP contribution in [0, 0.1) is 5.92 Å². The van der Waals surface area contributed by atoms with Crippen LogP contribution in [-0.2, 0) is 10.0 Å². The molecule has 0 atom stereocenters. The number of hydrogen-bond acceptors (Lipinski definition) is 4. The minimum absolute atomic E-state index is 0.0515. The van der Waals surface area contributed by atoms with E-state index in [-0.39, 0.29) is 10.8 Å². The first kappa shape index (κ1) is 20.7. The van der Waals surface area contributed by atoms with E-state index in [1.807, 2.05) is 0 Å². The number of hydrogen-bond donors (Lipinski definition) is 1. The van der Waals surface area contributed by atoms with Gasteiger partial charge in [-0.1, -0.05) is 13.0 Å². The topological polar surface area (TPSA) is 75.7 Å². The van der Waals surface area contributed by atoms with Crippen LogP contribution in [0.25, 0.3) is 0 Å². The highest BCUT2D eigenvalue weighted by Crippen LogP contribution is 2.29. The zero-order valence-corrected chi connectivity index (χ0v) is 18.2. The maximum Gasteiger partial charge on any atom is 0.261 e. The standard InChI is InChI=1S/C20H23BrN2O4S/c1-14-8-10-23(11-9-14)20(24)15-4-3-5-17(12-15)28(25,26)22-16-6-7-19(27-2)18(21)13-16/h3-7,12-14,22H,8-11H2,1-2H3. The van der Waals surface area contributed by atoms with Crippen molar-refractivity contribution in [1.82, 2.24) is 4.90 Å². The second-order valence-electron chi connectivity index (χ2n) is 6.96. The highest BCUT2D eigenvalue weighted by Gasteiger charge is 2.23. The summed E-state index contributed by atoms with van der Waals surface area (Å²) < 4.78 is 33.9. The molecule has 1 heterocycles. The Hall–Kier alpha value is -2.06. The van der Waals surface area contributed by atoms with Crippen molar-refractivity contribution in [2.45, 2.75) is 24.7 Å². The second-order valence-corrected chi connectivity index (χ2v) is 9.49. The molecule has 1 fully saturated rings. The number of benzene rings is 2. The van der Waals surface area contributed by atoms with E-state index in [1.165, 1.54) is 19.2 Å². The molecule has 1 N–H and O–H groups in total. The third-order valence-corrected chi connectivity index (χ3v) is 6.86. The number of likely N-dealkylation sites (tertiary alicyclic amines) is 1. The van der Waals surface area contributed by atoms with E-state index in [1.54, 1.807) is 35.2 Å². The average molecular weight is 467 g/mol. The van der Waals surface area contributed by atoms with E-state index in [9.17, 15) is 13.2 Å². The Balaban J connectivity index is 1.80. The van der Waals surface area contributed by atoms with Gasteiger partial charge in [-0.25, -0.2) is 8.42 Å². The highest BCUT2D eigenvalue weighted by atomic mass is 79.9. The van der Waals surface area contributed by atoms with Gasteiger partial charge in [0.2, 0.25) is 0 Å². The Morgan fingerprint density at radius 1 is 1.18 bits per heavy atom. The third-order valence-electron chi connectivity index (χ3n) is 4.87. The molecule has 0 spiro atoms. The molecule has 1 amide bonds. The monoisotopic (exact) mass is 466 g/mol. The molecule has 6 nitrogen and oxygen atoms in total. The minimum atomic E-state index is -3.83. The lowest BCUT2D eigenvalue weighted by molar-refractivity contribution is 0.0697. The van der Waals surface area contributed by atoms with E-state index >= 15 is 0 Å². The van der Waals surface area contributed by atoms with Crippen molar-refractivity contribution >= 4 is 37.5 Å². The summed E-state index contributed by atoms with van der Waals surface area (Å²) in [5.74, 6) is 1.09. The zero-order valence-electron chi connectivity index (χ0n) is 15.8. The van der Waals surface area contributed by atoms with Crippen molar-refractivity contribution in [3.8, 4) is 5.75 Å². The number of sulfonamides is 1. The van der Waals surface area contributed by atoms with Crippen LogP contribution in [0.2, 0.25) is 0 Å². The predicted octanol–water partition coefficient (Wildman–Crippen LogP) is 4.13. The fraction of sp³-hybridized carbons (Fsp3) is 0.350. The number of piperidine rings is 1. The number of nitrogens with one attached hydrogen (secondary N) is 1. The van der Waals surface area contributed by atoms with Gasteiger partial charge in [-0.3, -0.25) is 9.52 Å². The molecule has 0 aromatic heterocycles. The number of carbonyl (C=O) groups excluding carboxylic acids is 1. The fourth-order valence-corrected chi connectivity index (χ4v) is 4.77. The summed E-state index contributed by atoms with van der Waals surface area (Å²) in [6.07, 6.45) is 1.94. The number of halogens is 1. The van der Waals surface area contributed by atoms with E-state index in [0.717, 1.165) is 12.8 Å². The molecule has 150 valence electrons. The van der Waals surface area contributed by atoms with Gasteiger partial charge in [-0.15, -0.1) is 0 Å². The van der Waals surface area contributed by atoms with Crippen LogP contribution in [0.4, 0.5) is 5.69 Å². The summed E-state index contributed by atoms with van der Waals surface area (Å²) in [6.45, 7) is 3.59. The zero-order chi connectivity index (χ0) is 20.3. The van der Waals surface area contributed by atoms with Crippen molar-refractivity contribution in [2.24, 2.45) is 5.92 Å². The summed E-state index contributed by atoms with van der Waals surface area (Å²) in [6, 6.07) is 11.1. The maximum absolute atomic E-state index is 12.8. The van der Waals surface area contributed by atoms with Crippen LogP contribution in [0.3, 0.4) is 0 Å². The van der Waals surface area contributed by atoms with Crippen LogP contribution in [-0.4, -0.2) is 39.4 Å². The normalized spacial score (nSPS) is 15.3. The molecule has 2 aromatic rings. The molecule has 0 radical (unpaired) electrons. The van der Waals surface area contributed by atoms with Gasteiger partial charge in [0.05, 0.1) is 22.2 Å². The summed E-state index contributed by atoms with van der Waals surface area (Å²) >= 11 is 3.34. The van der Waals surface area contributed by atoms with Crippen LogP contribution < -0.4 is 9.46 Å². The summed E-state index contributed by atoms with van der Waals surface area (Å²) in [5, 5.41) is 0. The molecule has 1 aliphatic rings. The van der Waals surface area contributed by atoms with Crippen molar-refractivity contribution < 1.29 is 17.9 Å². The molecule has 8 heteroatoms. The largest absolute Gasteiger partial charge is 0.496 e. The molecule has 0 bridgehead atoms. The van der Waals surface area contributed by atoms with Gasteiger partial charge in [0.25, 0.3) is 15.9 Å². The van der Waals surface area contributed by atoms with Gasteiger partial charge >= 0.3 is 0 Å². The summed E-state index contributed by atoms with van der Waals surface area (Å²) in [7, 11) is -2.29. The van der Waals surface area contributed by atoms with Crippen molar-refractivity contribution in [3.63, 3.8) is 0 Å². The van der Waals surface area contributed by atoms with Crippen molar-refractivity contribution in [2.75, 3.05) is 24.9 Å². The number of carbonyl (C=O) groups is 1. The van der Waals surface area contributed by atoms with Crippen LogP contribution in [0.1, 0.15) is 30.1 Å². The average Bonchev–Trinajstić information content (AvgIpc) is 2.68. The van der Waals surface area contributed by atoms with Crippen LogP contribution in [0.15, 0.2) is 51.8 Å². The van der Waals surface area contributed by atoms with E-state index < -0.39 is 10.0 Å². The van der Waals surface area contributed by atoms with Crippen molar-refractivity contribution in [3.05, 3.63) is 52.5 Å². The first-order chi connectivity index (χ1) is 13.3. The molecule has 1 aliphatic heterocycles. The molecule has 28 heavy (non-hydrogen) atoms. The minimum Gasteiger partial charge on any atom is -0.496 e. The molecular formula is C20H23BrN2O4S. The Morgan fingerprint density at radius 3 is 2.54 bits per heavy atom. The highest BCUT2D eigenvalue weighted by molar-refractivity contribution is 9.10. The van der Waals surface area contributed by atoms with Crippen LogP contribution in [0.5, 0.6) is 5.75 Å². The second kappa shape index (κ2) is 8.53. The van der Waals surface area contributed by atoms with Gasteiger partial charge < -0.3 is 9.64 Å². The number of amides is 1. The Bertz CT molecular complexity index is 970. The molecule has 1 saturated heterocycles. The van der Waals surface area contributed by atoms with Crippen molar-refractivity contribution in [1.29, 1.82) is 0 Å². The quantitative estimate of drug-likeness (QED) is 0.718. The summed E-state index contributed by atoms with van der Waals surface area (Å²) in [4.78, 5) is 14.6. The number of methoxy groups -OCH3 is 1. The molecule has 2 aromatic carbocycles.